The highest BCUT2D eigenvalue weighted by Crippen LogP contribution is 2.26. The monoisotopic (exact) mass is 208 g/mol. The summed E-state index contributed by atoms with van der Waals surface area (Å²) in [6.45, 7) is 8.96. The normalized spacial score (nSPS) is 33.1. The van der Waals surface area contributed by atoms with Gasteiger partial charge in [-0.15, -0.1) is 6.58 Å². The minimum atomic E-state index is 0.352. The average Bonchev–Trinajstić information content (AvgIpc) is 2.72. The van der Waals surface area contributed by atoms with Crippen molar-refractivity contribution < 1.29 is 0 Å². The van der Waals surface area contributed by atoms with Crippen LogP contribution in [0.2, 0.25) is 0 Å². The molecule has 86 valence electrons. The predicted molar refractivity (Wildman–Crippen MR) is 65.1 cm³/mol. The van der Waals surface area contributed by atoms with Crippen molar-refractivity contribution in [1.82, 2.24) is 10.2 Å². The van der Waals surface area contributed by atoms with Gasteiger partial charge in [-0.25, -0.2) is 0 Å². The van der Waals surface area contributed by atoms with Crippen LogP contribution in [0.3, 0.4) is 0 Å². The van der Waals surface area contributed by atoms with E-state index in [1.54, 1.807) is 0 Å². The minimum absolute atomic E-state index is 0.352. The Morgan fingerprint density at radius 3 is 2.60 bits per heavy atom. The van der Waals surface area contributed by atoms with E-state index >= 15 is 0 Å². The number of nitrogens with zero attached hydrogens (tertiary/aromatic N) is 1. The topological polar surface area (TPSA) is 15.3 Å². The average molecular weight is 208 g/mol. The van der Waals surface area contributed by atoms with Crippen LogP contribution in [-0.4, -0.2) is 36.6 Å². The van der Waals surface area contributed by atoms with Crippen LogP contribution >= 0.6 is 0 Å². The molecule has 0 spiro atoms. The fourth-order valence-corrected chi connectivity index (χ4v) is 3.05. The van der Waals surface area contributed by atoms with Crippen molar-refractivity contribution in [1.29, 1.82) is 0 Å². The maximum atomic E-state index is 3.92. The molecule has 0 unspecified atom stereocenters. The van der Waals surface area contributed by atoms with E-state index < -0.39 is 0 Å². The summed E-state index contributed by atoms with van der Waals surface area (Å²) in [6.07, 6.45) is 10.1. The molecule has 2 rings (SSSR count). The van der Waals surface area contributed by atoms with Gasteiger partial charge < -0.3 is 10.2 Å². The summed E-state index contributed by atoms with van der Waals surface area (Å²) in [5, 5.41) is 3.75. The third-order valence-electron chi connectivity index (χ3n) is 3.84. The van der Waals surface area contributed by atoms with Gasteiger partial charge in [0.2, 0.25) is 0 Å². The predicted octanol–water partition coefficient (Wildman–Crippen LogP) is 2.17. The van der Waals surface area contributed by atoms with Crippen molar-refractivity contribution in [2.24, 2.45) is 0 Å². The summed E-state index contributed by atoms with van der Waals surface area (Å²) < 4.78 is 0. The molecule has 2 aliphatic rings. The lowest BCUT2D eigenvalue weighted by Gasteiger charge is -2.40. The maximum absolute atomic E-state index is 3.92. The second kappa shape index (κ2) is 5.13. The molecular weight excluding hydrogens is 184 g/mol. The summed E-state index contributed by atoms with van der Waals surface area (Å²) in [4.78, 5) is 2.63. The van der Waals surface area contributed by atoms with Gasteiger partial charge >= 0.3 is 0 Å². The van der Waals surface area contributed by atoms with Gasteiger partial charge in [0.25, 0.3) is 0 Å². The van der Waals surface area contributed by atoms with Crippen LogP contribution < -0.4 is 5.32 Å². The smallest absolute Gasteiger partial charge is 0.0343 e. The Morgan fingerprint density at radius 2 is 2.00 bits per heavy atom. The first-order chi connectivity index (χ1) is 7.35. The molecule has 0 aromatic carbocycles. The van der Waals surface area contributed by atoms with Gasteiger partial charge in [0, 0.05) is 12.1 Å². The lowest BCUT2D eigenvalue weighted by molar-refractivity contribution is 0.172. The van der Waals surface area contributed by atoms with Crippen molar-refractivity contribution in [2.75, 3.05) is 26.2 Å². The fourth-order valence-electron chi connectivity index (χ4n) is 3.05. The highest BCUT2D eigenvalue weighted by atomic mass is 15.2. The molecule has 2 aliphatic heterocycles. The maximum Gasteiger partial charge on any atom is 0.0343 e. The van der Waals surface area contributed by atoms with E-state index in [0.29, 0.717) is 5.54 Å². The van der Waals surface area contributed by atoms with Crippen molar-refractivity contribution >= 4 is 0 Å². The third-order valence-corrected chi connectivity index (χ3v) is 3.84. The summed E-state index contributed by atoms with van der Waals surface area (Å²) in [5.41, 5.74) is 0.352. The molecule has 2 saturated heterocycles. The van der Waals surface area contributed by atoms with E-state index in [1.807, 2.05) is 0 Å². The van der Waals surface area contributed by atoms with Gasteiger partial charge in [-0.05, 0) is 51.7 Å². The van der Waals surface area contributed by atoms with Crippen molar-refractivity contribution in [3.63, 3.8) is 0 Å². The van der Waals surface area contributed by atoms with Crippen LogP contribution in [0.15, 0.2) is 12.7 Å². The molecule has 2 fully saturated rings. The third kappa shape index (κ3) is 2.82. The first-order valence-corrected chi connectivity index (χ1v) is 6.43. The van der Waals surface area contributed by atoms with E-state index in [9.17, 15) is 0 Å². The second-order valence-corrected chi connectivity index (χ2v) is 5.14. The molecule has 0 aromatic heterocycles. The van der Waals surface area contributed by atoms with E-state index in [-0.39, 0.29) is 0 Å². The molecule has 0 saturated carbocycles. The molecule has 0 radical (unpaired) electrons. The number of piperidine rings is 1. The number of hydrogen-bond acceptors (Lipinski definition) is 2. The highest BCUT2D eigenvalue weighted by Gasteiger charge is 2.32. The molecule has 0 bridgehead atoms. The number of hydrogen-bond donors (Lipinski definition) is 1. The van der Waals surface area contributed by atoms with Gasteiger partial charge in [-0.2, -0.15) is 0 Å². The number of nitrogens with one attached hydrogen (secondary N) is 1. The van der Waals surface area contributed by atoms with Gasteiger partial charge in [0.05, 0.1) is 0 Å². The zero-order valence-corrected chi connectivity index (χ0v) is 9.80. The van der Waals surface area contributed by atoms with Crippen LogP contribution in [0.5, 0.6) is 0 Å². The molecule has 2 heteroatoms. The van der Waals surface area contributed by atoms with Gasteiger partial charge in [-0.1, -0.05) is 12.5 Å². The quantitative estimate of drug-likeness (QED) is 0.712. The van der Waals surface area contributed by atoms with Gasteiger partial charge in [0.15, 0.2) is 0 Å². The van der Waals surface area contributed by atoms with Crippen molar-refractivity contribution in [3.05, 3.63) is 12.7 Å². The highest BCUT2D eigenvalue weighted by molar-refractivity contribution is 4.98. The number of rotatable bonds is 4. The fraction of sp³-hybridized carbons (Fsp3) is 0.846. The first-order valence-electron chi connectivity index (χ1n) is 6.43. The Labute approximate surface area is 93.7 Å². The lowest BCUT2D eigenvalue weighted by Crippen LogP contribution is -2.55. The zero-order valence-electron chi connectivity index (χ0n) is 9.80. The Morgan fingerprint density at radius 1 is 1.20 bits per heavy atom. The summed E-state index contributed by atoms with van der Waals surface area (Å²) in [7, 11) is 0. The van der Waals surface area contributed by atoms with E-state index in [1.165, 1.54) is 58.3 Å². The van der Waals surface area contributed by atoms with Crippen molar-refractivity contribution in [3.8, 4) is 0 Å². The van der Waals surface area contributed by atoms with Crippen LogP contribution in [0.1, 0.15) is 38.5 Å². The Kier molecular flexibility index (Phi) is 3.81. The SMILES string of the molecule is C=CC[C@]1(CN2CCCC2)CCCCN1. The Hall–Kier alpha value is -0.340. The first kappa shape index (κ1) is 11.2. The molecule has 0 aromatic rings. The van der Waals surface area contributed by atoms with E-state index in [4.69, 9.17) is 0 Å². The lowest BCUT2D eigenvalue weighted by atomic mass is 9.85. The molecule has 0 aliphatic carbocycles. The molecule has 2 nitrogen and oxygen atoms in total. The minimum Gasteiger partial charge on any atom is -0.310 e. The summed E-state index contributed by atoms with van der Waals surface area (Å²) in [6, 6.07) is 0. The van der Waals surface area contributed by atoms with Crippen LogP contribution in [0.25, 0.3) is 0 Å². The molecular formula is C13H24N2. The Bertz CT molecular complexity index is 201. The summed E-state index contributed by atoms with van der Waals surface area (Å²) in [5.74, 6) is 0. The Balaban J connectivity index is 1.93. The van der Waals surface area contributed by atoms with Crippen molar-refractivity contribution in [2.45, 2.75) is 44.1 Å². The molecule has 2 heterocycles. The molecule has 1 atom stereocenters. The zero-order chi connectivity index (χ0) is 10.6. The van der Waals surface area contributed by atoms with Crippen LogP contribution in [-0.2, 0) is 0 Å². The second-order valence-electron chi connectivity index (χ2n) is 5.14. The van der Waals surface area contributed by atoms with Gasteiger partial charge in [0.1, 0.15) is 0 Å². The number of likely N-dealkylation sites (tertiary alicyclic amines) is 1. The van der Waals surface area contributed by atoms with Gasteiger partial charge in [-0.3, -0.25) is 0 Å². The molecule has 1 N–H and O–H groups in total. The van der Waals surface area contributed by atoms with Crippen LogP contribution in [0, 0.1) is 0 Å². The summed E-state index contributed by atoms with van der Waals surface area (Å²) >= 11 is 0. The largest absolute Gasteiger partial charge is 0.310 e. The van der Waals surface area contributed by atoms with E-state index in [2.05, 4.69) is 22.9 Å². The molecule has 0 amide bonds. The van der Waals surface area contributed by atoms with E-state index in [0.717, 1.165) is 6.42 Å². The van der Waals surface area contributed by atoms with Crippen LogP contribution in [0.4, 0.5) is 0 Å². The molecule has 15 heavy (non-hydrogen) atoms. The standard InChI is InChI=1S/C13H24N2/c1-2-7-13(8-3-4-9-14-13)12-15-10-5-6-11-15/h2,14H,1,3-12H2/t13-/m1/s1.